The quantitative estimate of drug-likeness (QED) is 0.666. The van der Waals surface area contributed by atoms with Gasteiger partial charge < -0.3 is 9.73 Å². The SMILES string of the molecule is Cn1c2c(c(=O)[nH]c1=O)[C@@H](c1ccco1)NC(=O)N2. The van der Waals surface area contributed by atoms with Gasteiger partial charge in [-0.1, -0.05) is 0 Å². The van der Waals surface area contributed by atoms with Crippen LogP contribution in [0, 0.1) is 0 Å². The number of urea groups is 1. The Bertz CT molecular complexity index is 756. The van der Waals surface area contributed by atoms with Crippen molar-refractivity contribution < 1.29 is 9.21 Å². The smallest absolute Gasteiger partial charge is 0.329 e. The molecule has 2 amide bonds. The fourth-order valence-corrected chi connectivity index (χ4v) is 2.07. The van der Waals surface area contributed by atoms with Gasteiger partial charge in [0.15, 0.2) is 0 Å². The van der Waals surface area contributed by atoms with Crippen molar-refractivity contribution in [2.45, 2.75) is 6.04 Å². The number of amides is 2. The van der Waals surface area contributed by atoms with E-state index in [-0.39, 0.29) is 11.4 Å². The normalized spacial score (nSPS) is 17.5. The molecule has 0 fully saturated rings. The van der Waals surface area contributed by atoms with E-state index >= 15 is 0 Å². The fourth-order valence-electron chi connectivity index (χ4n) is 2.07. The summed E-state index contributed by atoms with van der Waals surface area (Å²) in [6, 6.07) is 2.06. The van der Waals surface area contributed by atoms with Crippen LogP contribution >= 0.6 is 0 Å². The molecule has 3 N–H and O–H groups in total. The van der Waals surface area contributed by atoms with Crippen molar-refractivity contribution in [3.8, 4) is 0 Å². The number of nitrogens with one attached hydrogen (secondary N) is 3. The van der Waals surface area contributed by atoms with E-state index in [0.717, 1.165) is 0 Å². The van der Waals surface area contributed by atoms with Crippen molar-refractivity contribution in [3.63, 3.8) is 0 Å². The summed E-state index contributed by atoms with van der Waals surface area (Å²) < 4.78 is 6.39. The number of nitrogens with zero attached hydrogens (tertiary/aromatic N) is 1. The van der Waals surface area contributed by atoms with Gasteiger partial charge in [-0.3, -0.25) is 19.7 Å². The van der Waals surface area contributed by atoms with Crippen molar-refractivity contribution in [3.05, 3.63) is 50.6 Å². The minimum Gasteiger partial charge on any atom is -0.467 e. The second kappa shape index (κ2) is 3.87. The number of H-pyrrole nitrogens is 1. The Labute approximate surface area is 106 Å². The van der Waals surface area contributed by atoms with E-state index in [9.17, 15) is 14.4 Å². The first kappa shape index (κ1) is 11.3. The van der Waals surface area contributed by atoms with Crippen molar-refractivity contribution in [2.75, 3.05) is 5.32 Å². The number of aromatic amines is 1. The summed E-state index contributed by atoms with van der Waals surface area (Å²) in [5.74, 6) is 0.583. The molecule has 2 aromatic rings. The second-order valence-electron chi connectivity index (χ2n) is 4.13. The van der Waals surface area contributed by atoms with Crippen LogP contribution in [-0.4, -0.2) is 15.6 Å². The lowest BCUT2D eigenvalue weighted by Gasteiger charge is -2.25. The summed E-state index contributed by atoms with van der Waals surface area (Å²) in [5.41, 5.74) is -0.923. The Balaban J connectivity index is 2.30. The second-order valence-corrected chi connectivity index (χ2v) is 4.13. The van der Waals surface area contributed by atoms with Crippen molar-refractivity contribution in [2.24, 2.45) is 7.05 Å². The number of furan rings is 1. The van der Waals surface area contributed by atoms with Crippen LogP contribution in [0.5, 0.6) is 0 Å². The monoisotopic (exact) mass is 262 g/mol. The molecular formula is C11H10N4O4. The van der Waals surface area contributed by atoms with Gasteiger partial charge in [0, 0.05) is 7.05 Å². The van der Waals surface area contributed by atoms with Gasteiger partial charge in [0.05, 0.1) is 11.8 Å². The molecule has 3 heterocycles. The van der Waals surface area contributed by atoms with Gasteiger partial charge >= 0.3 is 11.7 Å². The molecule has 8 heteroatoms. The molecule has 1 atom stereocenters. The topological polar surface area (TPSA) is 109 Å². The summed E-state index contributed by atoms with van der Waals surface area (Å²) in [5, 5.41) is 5.04. The molecule has 0 bridgehead atoms. The third kappa shape index (κ3) is 1.65. The summed E-state index contributed by atoms with van der Waals surface area (Å²) in [6.07, 6.45) is 1.44. The average Bonchev–Trinajstić information content (AvgIpc) is 2.88. The van der Waals surface area contributed by atoms with Gasteiger partial charge in [-0.25, -0.2) is 9.59 Å². The standard InChI is InChI=1S/C11H10N4O4/c1-15-8-6(9(16)14-11(15)18)7(12-10(17)13-8)5-3-2-4-19-5/h2-4,7H,1H3,(H2,12,13,17)(H,14,16,18)/t7-/m1/s1. The van der Waals surface area contributed by atoms with Crippen LogP contribution in [0.1, 0.15) is 17.4 Å². The minimum atomic E-state index is -0.728. The molecule has 0 saturated heterocycles. The lowest BCUT2D eigenvalue weighted by molar-refractivity contribution is 0.246. The van der Waals surface area contributed by atoms with Crippen LogP contribution in [0.15, 0.2) is 32.4 Å². The largest absolute Gasteiger partial charge is 0.467 e. The molecule has 0 aromatic carbocycles. The summed E-state index contributed by atoms with van der Waals surface area (Å²) >= 11 is 0. The highest BCUT2D eigenvalue weighted by Crippen LogP contribution is 2.27. The maximum Gasteiger partial charge on any atom is 0.329 e. The van der Waals surface area contributed by atoms with Crippen LogP contribution in [0.25, 0.3) is 0 Å². The lowest BCUT2D eigenvalue weighted by Crippen LogP contribution is -2.46. The number of rotatable bonds is 1. The zero-order chi connectivity index (χ0) is 13.6. The van der Waals surface area contributed by atoms with Gasteiger partial charge in [0.25, 0.3) is 5.56 Å². The molecule has 0 aliphatic carbocycles. The molecular weight excluding hydrogens is 252 g/mol. The zero-order valence-corrected chi connectivity index (χ0v) is 9.89. The average molecular weight is 262 g/mol. The van der Waals surface area contributed by atoms with E-state index in [1.165, 1.54) is 17.9 Å². The van der Waals surface area contributed by atoms with Gasteiger partial charge in [-0.15, -0.1) is 0 Å². The van der Waals surface area contributed by atoms with E-state index < -0.39 is 23.3 Å². The third-order valence-corrected chi connectivity index (χ3v) is 2.98. The number of hydrogen-bond acceptors (Lipinski definition) is 4. The Morgan fingerprint density at radius 2 is 2.11 bits per heavy atom. The Morgan fingerprint density at radius 3 is 2.79 bits per heavy atom. The molecule has 2 aromatic heterocycles. The molecule has 0 saturated carbocycles. The number of hydrogen-bond donors (Lipinski definition) is 3. The van der Waals surface area contributed by atoms with E-state index in [0.29, 0.717) is 5.76 Å². The maximum atomic E-state index is 11.9. The predicted octanol–water partition coefficient (Wildman–Crippen LogP) is -0.109. The Hall–Kier alpha value is -2.77. The Morgan fingerprint density at radius 1 is 1.32 bits per heavy atom. The number of anilines is 1. The van der Waals surface area contributed by atoms with E-state index in [2.05, 4.69) is 15.6 Å². The van der Waals surface area contributed by atoms with Crippen LogP contribution in [0.2, 0.25) is 0 Å². The van der Waals surface area contributed by atoms with E-state index in [1.807, 2.05) is 0 Å². The fraction of sp³-hybridized carbons (Fsp3) is 0.182. The molecule has 19 heavy (non-hydrogen) atoms. The minimum absolute atomic E-state index is 0.166. The van der Waals surface area contributed by atoms with Gasteiger partial charge in [0.1, 0.15) is 17.6 Å². The first-order valence-corrected chi connectivity index (χ1v) is 5.52. The molecule has 8 nitrogen and oxygen atoms in total. The lowest BCUT2D eigenvalue weighted by atomic mass is 10.1. The number of carbonyl (C=O) groups excluding carboxylic acids is 1. The highest BCUT2D eigenvalue weighted by molar-refractivity contribution is 5.92. The van der Waals surface area contributed by atoms with Crippen LogP contribution < -0.4 is 21.9 Å². The van der Waals surface area contributed by atoms with E-state index in [4.69, 9.17) is 4.42 Å². The molecule has 98 valence electrons. The summed E-state index contributed by atoms with van der Waals surface area (Å²) in [6.45, 7) is 0. The number of aromatic nitrogens is 2. The number of fused-ring (bicyclic) bond motifs is 1. The number of carbonyl (C=O) groups is 1. The third-order valence-electron chi connectivity index (χ3n) is 2.98. The predicted molar refractivity (Wildman–Crippen MR) is 65.0 cm³/mol. The van der Waals surface area contributed by atoms with Crippen LogP contribution in [-0.2, 0) is 7.05 Å². The van der Waals surface area contributed by atoms with E-state index in [1.54, 1.807) is 12.1 Å². The zero-order valence-electron chi connectivity index (χ0n) is 9.89. The van der Waals surface area contributed by atoms with Gasteiger partial charge in [0.2, 0.25) is 0 Å². The van der Waals surface area contributed by atoms with Crippen molar-refractivity contribution in [1.82, 2.24) is 14.9 Å². The first-order valence-electron chi connectivity index (χ1n) is 5.52. The molecule has 3 rings (SSSR count). The Kier molecular flexibility index (Phi) is 2.31. The van der Waals surface area contributed by atoms with Crippen molar-refractivity contribution >= 4 is 11.8 Å². The summed E-state index contributed by atoms with van der Waals surface area (Å²) in [7, 11) is 1.46. The molecule has 1 aliphatic heterocycles. The highest BCUT2D eigenvalue weighted by Gasteiger charge is 2.32. The molecule has 1 aliphatic rings. The van der Waals surface area contributed by atoms with Gasteiger partial charge in [-0.05, 0) is 12.1 Å². The maximum absolute atomic E-state index is 11.9. The van der Waals surface area contributed by atoms with Crippen LogP contribution in [0.4, 0.5) is 10.6 Å². The first-order chi connectivity index (χ1) is 9.08. The summed E-state index contributed by atoms with van der Waals surface area (Å²) in [4.78, 5) is 37.3. The van der Waals surface area contributed by atoms with Crippen LogP contribution in [0.3, 0.4) is 0 Å². The molecule has 0 radical (unpaired) electrons. The van der Waals surface area contributed by atoms with Gasteiger partial charge in [-0.2, -0.15) is 0 Å². The molecule has 0 unspecified atom stereocenters. The molecule has 0 spiro atoms. The highest BCUT2D eigenvalue weighted by atomic mass is 16.3. The van der Waals surface area contributed by atoms with Crippen molar-refractivity contribution in [1.29, 1.82) is 0 Å².